The lowest BCUT2D eigenvalue weighted by molar-refractivity contribution is 0.576. The van der Waals surface area contributed by atoms with Crippen molar-refractivity contribution >= 4 is 5.95 Å². The summed E-state index contributed by atoms with van der Waals surface area (Å²) in [5.41, 5.74) is 1.07. The van der Waals surface area contributed by atoms with Crippen molar-refractivity contribution in [2.45, 2.75) is 44.7 Å². The van der Waals surface area contributed by atoms with E-state index in [0.29, 0.717) is 0 Å². The van der Waals surface area contributed by atoms with E-state index in [4.69, 9.17) is 0 Å². The lowest BCUT2D eigenvalue weighted by atomic mass is 10.0. The van der Waals surface area contributed by atoms with E-state index in [1.54, 1.807) is 0 Å². The molecule has 3 rings (SSSR count). The van der Waals surface area contributed by atoms with Crippen molar-refractivity contribution in [3.8, 4) is 0 Å². The average molecular weight is 189 g/mol. The summed E-state index contributed by atoms with van der Waals surface area (Å²) in [5.74, 6) is 0.954. The summed E-state index contributed by atoms with van der Waals surface area (Å²) in [6, 6.07) is 3.41. The van der Waals surface area contributed by atoms with Crippen LogP contribution in [0.1, 0.15) is 31.4 Å². The van der Waals surface area contributed by atoms with Crippen molar-refractivity contribution in [3.05, 3.63) is 18.0 Å². The molecule has 2 aliphatic rings. The van der Waals surface area contributed by atoms with E-state index in [1.807, 2.05) is 19.2 Å². The predicted octanol–water partition coefficient (Wildman–Crippen LogP) is 1.92. The summed E-state index contributed by atoms with van der Waals surface area (Å²) in [6.07, 6.45) is 7.21. The molecular weight excluding hydrogens is 174 g/mol. The van der Waals surface area contributed by atoms with Crippen LogP contribution in [0.3, 0.4) is 0 Å². The molecule has 3 nitrogen and oxygen atoms in total. The minimum absolute atomic E-state index is 0.724. The summed E-state index contributed by atoms with van der Waals surface area (Å²) >= 11 is 0. The van der Waals surface area contributed by atoms with Crippen LogP contribution in [0.2, 0.25) is 0 Å². The molecule has 2 saturated heterocycles. The summed E-state index contributed by atoms with van der Waals surface area (Å²) in [4.78, 5) is 11.3. The predicted molar refractivity (Wildman–Crippen MR) is 55.3 cm³/mol. The highest BCUT2D eigenvalue weighted by Gasteiger charge is 2.40. The maximum absolute atomic E-state index is 4.51. The molecule has 2 fully saturated rings. The molecule has 2 bridgehead atoms. The van der Waals surface area contributed by atoms with Crippen LogP contribution < -0.4 is 4.90 Å². The van der Waals surface area contributed by atoms with Crippen LogP contribution in [0.25, 0.3) is 0 Å². The van der Waals surface area contributed by atoms with E-state index in [0.717, 1.165) is 23.7 Å². The van der Waals surface area contributed by atoms with E-state index >= 15 is 0 Å². The molecule has 0 N–H and O–H groups in total. The topological polar surface area (TPSA) is 29.0 Å². The second kappa shape index (κ2) is 2.94. The Bertz CT molecular complexity index is 330. The fourth-order valence-electron chi connectivity index (χ4n) is 2.80. The molecule has 0 aromatic carbocycles. The maximum atomic E-state index is 4.51. The molecule has 1 aromatic heterocycles. The molecule has 14 heavy (non-hydrogen) atoms. The lowest BCUT2D eigenvalue weighted by Gasteiger charge is -2.21. The van der Waals surface area contributed by atoms with Crippen LogP contribution in [0.4, 0.5) is 5.95 Å². The Hall–Kier alpha value is -1.12. The molecule has 3 heteroatoms. The van der Waals surface area contributed by atoms with Crippen LogP contribution in [0.5, 0.6) is 0 Å². The quantitative estimate of drug-likeness (QED) is 0.675. The number of nitrogens with zero attached hydrogens (tertiary/aromatic N) is 3. The van der Waals surface area contributed by atoms with Gasteiger partial charge in [0.25, 0.3) is 0 Å². The second-order valence-electron chi connectivity index (χ2n) is 4.37. The van der Waals surface area contributed by atoms with Gasteiger partial charge < -0.3 is 4.90 Å². The smallest absolute Gasteiger partial charge is 0.226 e. The van der Waals surface area contributed by atoms with Crippen LogP contribution in [0.15, 0.2) is 12.3 Å². The number of aryl methyl sites for hydroxylation is 1. The molecule has 0 spiro atoms. The van der Waals surface area contributed by atoms with Gasteiger partial charge in [0.15, 0.2) is 0 Å². The van der Waals surface area contributed by atoms with Gasteiger partial charge in [0.2, 0.25) is 5.95 Å². The molecule has 0 amide bonds. The van der Waals surface area contributed by atoms with E-state index in [-0.39, 0.29) is 0 Å². The highest BCUT2D eigenvalue weighted by atomic mass is 15.3. The molecular formula is C11H15N3. The minimum atomic E-state index is 0.724. The molecule has 0 atom stereocenters. The highest BCUT2D eigenvalue weighted by Crippen LogP contribution is 2.39. The van der Waals surface area contributed by atoms with Crippen molar-refractivity contribution in [2.24, 2.45) is 0 Å². The van der Waals surface area contributed by atoms with Gasteiger partial charge in [-0.2, -0.15) is 0 Å². The number of aromatic nitrogens is 2. The number of hydrogen-bond donors (Lipinski definition) is 0. The zero-order chi connectivity index (χ0) is 9.54. The Balaban J connectivity index is 1.95. The van der Waals surface area contributed by atoms with E-state index in [2.05, 4.69) is 14.9 Å². The molecule has 0 aliphatic carbocycles. The third kappa shape index (κ3) is 1.11. The van der Waals surface area contributed by atoms with Crippen LogP contribution in [-0.4, -0.2) is 22.1 Å². The van der Waals surface area contributed by atoms with Gasteiger partial charge in [-0.15, -0.1) is 0 Å². The Kier molecular flexibility index (Phi) is 1.72. The molecule has 0 unspecified atom stereocenters. The third-order valence-electron chi connectivity index (χ3n) is 3.47. The number of rotatable bonds is 1. The van der Waals surface area contributed by atoms with Crippen molar-refractivity contribution < 1.29 is 0 Å². The molecule has 0 radical (unpaired) electrons. The standard InChI is InChI=1S/C11H15N3/c1-8-6-7-12-11(13-8)14-9-2-3-10(14)5-4-9/h6-7,9-10H,2-5H2,1H3. The Labute approximate surface area is 84.2 Å². The molecule has 0 saturated carbocycles. The summed E-state index contributed by atoms with van der Waals surface area (Å²) in [6.45, 7) is 2.03. The molecule has 1 aromatic rings. The van der Waals surface area contributed by atoms with Crippen molar-refractivity contribution in [1.82, 2.24) is 9.97 Å². The van der Waals surface area contributed by atoms with E-state index < -0.39 is 0 Å². The van der Waals surface area contributed by atoms with Gasteiger partial charge in [-0.3, -0.25) is 0 Å². The molecule has 3 heterocycles. The normalized spacial score (nSPS) is 29.9. The van der Waals surface area contributed by atoms with Gasteiger partial charge in [-0.05, 0) is 38.7 Å². The second-order valence-corrected chi connectivity index (χ2v) is 4.37. The van der Waals surface area contributed by atoms with Gasteiger partial charge in [-0.1, -0.05) is 0 Å². The molecule has 2 aliphatic heterocycles. The van der Waals surface area contributed by atoms with Crippen LogP contribution >= 0.6 is 0 Å². The monoisotopic (exact) mass is 189 g/mol. The first kappa shape index (κ1) is 8.21. The summed E-state index contributed by atoms with van der Waals surface area (Å²) in [5, 5.41) is 0. The number of hydrogen-bond acceptors (Lipinski definition) is 3. The fourth-order valence-corrected chi connectivity index (χ4v) is 2.80. The Morgan fingerprint density at radius 1 is 1.21 bits per heavy atom. The zero-order valence-electron chi connectivity index (χ0n) is 8.48. The third-order valence-corrected chi connectivity index (χ3v) is 3.47. The first-order valence-corrected chi connectivity index (χ1v) is 5.42. The van der Waals surface area contributed by atoms with E-state index in [9.17, 15) is 0 Å². The highest BCUT2D eigenvalue weighted by molar-refractivity contribution is 5.38. The first-order chi connectivity index (χ1) is 6.84. The van der Waals surface area contributed by atoms with Gasteiger partial charge in [-0.25, -0.2) is 9.97 Å². The number of anilines is 1. The first-order valence-electron chi connectivity index (χ1n) is 5.42. The van der Waals surface area contributed by atoms with Gasteiger partial charge in [0, 0.05) is 24.0 Å². The fraction of sp³-hybridized carbons (Fsp3) is 0.636. The average Bonchev–Trinajstić information content (AvgIpc) is 2.76. The van der Waals surface area contributed by atoms with Gasteiger partial charge in [0.05, 0.1) is 0 Å². The van der Waals surface area contributed by atoms with Crippen molar-refractivity contribution in [3.63, 3.8) is 0 Å². The van der Waals surface area contributed by atoms with Crippen molar-refractivity contribution in [2.75, 3.05) is 4.90 Å². The maximum Gasteiger partial charge on any atom is 0.226 e. The van der Waals surface area contributed by atoms with Gasteiger partial charge >= 0.3 is 0 Å². The van der Waals surface area contributed by atoms with E-state index in [1.165, 1.54) is 25.7 Å². The summed E-state index contributed by atoms with van der Waals surface area (Å²) in [7, 11) is 0. The minimum Gasteiger partial charge on any atom is -0.335 e. The Morgan fingerprint density at radius 2 is 1.86 bits per heavy atom. The number of fused-ring (bicyclic) bond motifs is 2. The van der Waals surface area contributed by atoms with Crippen LogP contribution in [0, 0.1) is 6.92 Å². The van der Waals surface area contributed by atoms with Gasteiger partial charge in [0.1, 0.15) is 0 Å². The largest absolute Gasteiger partial charge is 0.335 e. The Morgan fingerprint density at radius 3 is 2.43 bits per heavy atom. The molecule has 74 valence electrons. The van der Waals surface area contributed by atoms with Crippen molar-refractivity contribution in [1.29, 1.82) is 0 Å². The zero-order valence-corrected chi connectivity index (χ0v) is 8.48. The summed E-state index contributed by atoms with van der Waals surface area (Å²) < 4.78 is 0. The SMILES string of the molecule is Cc1ccnc(N2C3CCC2CC3)n1. The van der Waals surface area contributed by atoms with Crippen LogP contribution in [-0.2, 0) is 0 Å². The lowest BCUT2D eigenvalue weighted by Crippen LogP contribution is -2.29.